The van der Waals surface area contributed by atoms with Crippen LogP contribution in [0.3, 0.4) is 0 Å². The predicted octanol–water partition coefficient (Wildman–Crippen LogP) is 2.89. The Morgan fingerprint density at radius 1 is 1.53 bits per heavy atom. The van der Waals surface area contributed by atoms with Crippen LogP contribution in [-0.2, 0) is 11.2 Å². The highest BCUT2D eigenvalue weighted by molar-refractivity contribution is 9.10. The van der Waals surface area contributed by atoms with Gasteiger partial charge in [-0.15, -0.1) is 0 Å². The molecule has 17 heavy (non-hydrogen) atoms. The maximum Gasteiger partial charge on any atom is 0.303 e. The molecule has 92 valence electrons. The summed E-state index contributed by atoms with van der Waals surface area (Å²) in [6.07, 6.45) is 1.51. The van der Waals surface area contributed by atoms with Crippen molar-refractivity contribution in [3.8, 4) is 11.5 Å². The van der Waals surface area contributed by atoms with Crippen molar-refractivity contribution in [2.75, 3.05) is 6.79 Å². The predicted molar refractivity (Wildman–Crippen MR) is 65.6 cm³/mol. The van der Waals surface area contributed by atoms with Gasteiger partial charge in [0.2, 0.25) is 6.79 Å². The number of hydrogen-bond acceptors (Lipinski definition) is 3. The molecular weight excluding hydrogens is 288 g/mol. The molecule has 0 saturated carbocycles. The van der Waals surface area contributed by atoms with Crippen LogP contribution in [0.5, 0.6) is 11.5 Å². The minimum atomic E-state index is -0.765. The van der Waals surface area contributed by atoms with Gasteiger partial charge in [0.25, 0.3) is 0 Å². The Morgan fingerprint density at radius 3 is 3.00 bits per heavy atom. The Balaban J connectivity index is 2.17. The molecule has 0 fully saturated rings. The first kappa shape index (κ1) is 12.2. The van der Waals surface area contributed by atoms with Crippen molar-refractivity contribution in [3.63, 3.8) is 0 Å². The number of hydrogen-bond donors (Lipinski definition) is 1. The molecule has 0 aliphatic carbocycles. The van der Waals surface area contributed by atoms with Crippen LogP contribution < -0.4 is 9.47 Å². The zero-order valence-electron chi connectivity index (χ0n) is 9.46. The second kappa shape index (κ2) is 4.96. The third-order valence-electron chi connectivity index (χ3n) is 2.74. The lowest BCUT2D eigenvalue weighted by molar-refractivity contribution is -0.137. The number of carboxylic acid groups (broad SMARTS) is 1. The van der Waals surface area contributed by atoms with E-state index in [4.69, 9.17) is 14.6 Å². The summed E-state index contributed by atoms with van der Waals surface area (Å²) in [6.45, 7) is 2.21. The van der Waals surface area contributed by atoms with Crippen LogP contribution in [-0.4, -0.2) is 17.9 Å². The van der Waals surface area contributed by atoms with Gasteiger partial charge in [0.15, 0.2) is 11.5 Å². The summed E-state index contributed by atoms with van der Waals surface area (Å²) in [5.41, 5.74) is 2.07. The molecule has 4 nitrogen and oxygen atoms in total. The molecule has 0 bridgehead atoms. The number of rotatable bonds is 4. The summed E-state index contributed by atoms with van der Waals surface area (Å²) in [5.74, 6) is 0.758. The van der Waals surface area contributed by atoms with E-state index < -0.39 is 5.97 Å². The van der Waals surface area contributed by atoms with Crippen LogP contribution in [0, 0.1) is 6.92 Å². The quantitative estimate of drug-likeness (QED) is 0.929. The summed E-state index contributed by atoms with van der Waals surface area (Å²) >= 11 is 3.52. The first-order valence-electron chi connectivity index (χ1n) is 5.39. The van der Waals surface area contributed by atoms with Crippen LogP contribution in [0.15, 0.2) is 10.5 Å². The number of halogens is 1. The molecule has 5 heteroatoms. The smallest absolute Gasteiger partial charge is 0.303 e. The van der Waals surface area contributed by atoms with E-state index in [0.717, 1.165) is 27.1 Å². The van der Waals surface area contributed by atoms with E-state index in [2.05, 4.69) is 15.9 Å². The Morgan fingerprint density at radius 2 is 2.29 bits per heavy atom. The molecule has 2 rings (SSSR count). The molecule has 0 atom stereocenters. The van der Waals surface area contributed by atoms with Gasteiger partial charge in [-0.2, -0.15) is 0 Å². The standard InChI is InChI=1S/C12H13BrO4/c1-7-11(13)8(3-2-4-10(14)15)5-9-12(7)17-6-16-9/h5H,2-4,6H2,1H3,(H,14,15). The van der Waals surface area contributed by atoms with E-state index in [1.54, 1.807) is 0 Å². The Hall–Kier alpha value is -1.23. The van der Waals surface area contributed by atoms with Gasteiger partial charge in [-0.3, -0.25) is 4.79 Å². The molecule has 1 heterocycles. The average molecular weight is 301 g/mol. The number of ether oxygens (including phenoxy) is 2. The molecule has 0 radical (unpaired) electrons. The van der Waals surface area contributed by atoms with Crippen LogP contribution in [0.25, 0.3) is 0 Å². The second-order valence-electron chi connectivity index (χ2n) is 3.96. The van der Waals surface area contributed by atoms with Crippen molar-refractivity contribution in [2.45, 2.75) is 26.2 Å². The minimum absolute atomic E-state index is 0.180. The summed E-state index contributed by atoms with van der Waals surface area (Å²) in [7, 11) is 0. The van der Waals surface area contributed by atoms with Crippen molar-refractivity contribution in [3.05, 3.63) is 21.7 Å². The summed E-state index contributed by atoms with van der Waals surface area (Å²) in [4.78, 5) is 10.5. The van der Waals surface area contributed by atoms with Crippen LogP contribution in [0.4, 0.5) is 0 Å². The number of aliphatic carboxylic acids is 1. The monoisotopic (exact) mass is 300 g/mol. The largest absolute Gasteiger partial charge is 0.481 e. The fraction of sp³-hybridized carbons (Fsp3) is 0.417. The normalized spacial score (nSPS) is 12.8. The van der Waals surface area contributed by atoms with Crippen molar-refractivity contribution < 1.29 is 19.4 Å². The zero-order chi connectivity index (χ0) is 12.4. The van der Waals surface area contributed by atoms with Gasteiger partial charge < -0.3 is 14.6 Å². The van der Waals surface area contributed by atoms with Gasteiger partial charge in [0.1, 0.15) is 0 Å². The van der Waals surface area contributed by atoms with E-state index >= 15 is 0 Å². The lowest BCUT2D eigenvalue weighted by atomic mass is 10.0. The molecule has 1 aromatic carbocycles. The number of carbonyl (C=O) groups is 1. The van der Waals surface area contributed by atoms with Crippen molar-refractivity contribution >= 4 is 21.9 Å². The fourth-order valence-corrected chi connectivity index (χ4v) is 2.36. The molecule has 0 aromatic heterocycles. The number of benzene rings is 1. The molecule has 1 N–H and O–H groups in total. The molecule has 1 aliphatic rings. The zero-order valence-corrected chi connectivity index (χ0v) is 11.0. The van der Waals surface area contributed by atoms with Crippen LogP contribution >= 0.6 is 15.9 Å². The molecule has 1 aliphatic heterocycles. The molecule has 1 aromatic rings. The van der Waals surface area contributed by atoms with Gasteiger partial charge in [0, 0.05) is 16.5 Å². The van der Waals surface area contributed by atoms with Gasteiger partial charge in [-0.25, -0.2) is 0 Å². The lowest BCUT2D eigenvalue weighted by Gasteiger charge is -2.09. The topological polar surface area (TPSA) is 55.8 Å². The fourth-order valence-electron chi connectivity index (χ4n) is 1.86. The van der Waals surface area contributed by atoms with Gasteiger partial charge in [-0.05, 0) is 31.4 Å². The lowest BCUT2D eigenvalue weighted by Crippen LogP contribution is -1.97. The Labute approximate surface area is 108 Å². The summed E-state index contributed by atoms with van der Waals surface area (Å²) in [5, 5.41) is 8.61. The van der Waals surface area contributed by atoms with Gasteiger partial charge >= 0.3 is 5.97 Å². The van der Waals surface area contributed by atoms with Crippen molar-refractivity contribution in [2.24, 2.45) is 0 Å². The van der Waals surface area contributed by atoms with Crippen LogP contribution in [0.2, 0.25) is 0 Å². The number of fused-ring (bicyclic) bond motifs is 1. The third kappa shape index (κ3) is 2.54. The van der Waals surface area contributed by atoms with E-state index in [1.165, 1.54) is 0 Å². The van der Waals surface area contributed by atoms with E-state index in [9.17, 15) is 4.79 Å². The third-order valence-corrected chi connectivity index (χ3v) is 3.84. The first-order chi connectivity index (χ1) is 8.09. The summed E-state index contributed by atoms with van der Waals surface area (Å²) < 4.78 is 11.7. The molecule has 0 unspecified atom stereocenters. The SMILES string of the molecule is Cc1c(Br)c(CCCC(=O)O)cc2c1OCO2. The average Bonchev–Trinajstić information content (AvgIpc) is 2.72. The highest BCUT2D eigenvalue weighted by Crippen LogP contribution is 2.41. The van der Waals surface area contributed by atoms with E-state index in [-0.39, 0.29) is 13.2 Å². The molecule has 0 amide bonds. The van der Waals surface area contributed by atoms with Crippen molar-refractivity contribution in [1.29, 1.82) is 0 Å². The summed E-state index contributed by atoms with van der Waals surface area (Å²) in [6, 6.07) is 1.92. The maximum atomic E-state index is 10.5. The highest BCUT2D eigenvalue weighted by atomic mass is 79.9. The number of carboxylic acids is 1. The Bertz CT molecular complexity index is 456. The minimum Gasteiger partial charge on any atom is -0.481 e. The number of aryl methyl sites for hydroxylation is 1. The maximum absolute atomic E-state index is 10.5. The molecule has 0 spiro atoms. The molecular formula is C12H13BrO4. The van der Waals surface area contributed by atoms with Crippen molar-refractivity contribution in [1.82, 2.24) is 0 Å². The highest BCUT2D eigenvalue weighted by Gasteiger charge is 2.20. The van der Waals surface area contributed by atoms with E-state index in [1.807, 2.05) is 13.0 Å². The van der Waals surface area contributed by atoms with E-state index in [0.29, 0.717) is 12.8 Å². The van der Waals surface area contributed by atoms with Gasteiger partial charge in [-0.1, -0.05) is 15.9 Å². The second-order valence-corrected chi connectivity index (χ2v) is 4.75. The Kier molecular flexibility index (Phi) is 3.57. The molecule has 0 saturated heterocycles. The van der Waals surface area contributed by atoms with Gasteiger partial charge in [0.05, 0.1) is 0 Å². The van der Waals surface area contributed by atoms with Crippen LogP contribution in [0.1, 0.15) is 24.0 Å². The first-order valence-corrected chi connectivity index (χ1v) is 6.18.